The van der Waals surface area contributed by atoms with Crippen LogP contribution in [-0.2, 0) is 28.5 Å². The van der Waals surface area contributed by atoms with Crippen LogP contribution in [0.5, 0.6) is 0 Å². The molecule has 4 aliphatic rings. The van der Waals surface area contributed by atoms with Crippen molar-refractivity contribution < 1.29 is 54.0 Å². The summed E-state index contributed by atoms with van der Waals surface area (Å²) in [6, 6.07) is 0. The fourth-order valence-electron chi connectivity index (χ4n) is 7.63. The molecule has 4 rings (SSSR count). The van der Waals surface area contributed by atoms with Gasteiger partial charge < -0.3 is 49.2 Å². The van der Waals surface area contributed by atoms with E-state index in [1.807, 2.05) is 20.8 Å². The fraction of sp³-hybridized carbons (Fsp3) is 0.794. The van der Waals surface area contributed by atoms with E-state index >= 15 is 0 Å². The van der Waals surface area contributed by atoms with Crippen LogP contribution in [0.3, 0.4) is 0 Å². The van der Waals surface area contributed by atoms with Crippen molar-refractivity contribution in [2.45, 2.75) is 115 Å². The lowest BCUT2D eigenvalue weighted by Gasteiger charge is -2.47. The SMILES string of the molecule is C=CC(C)(C)OC[C@H]1O[C@H](O[C@H]2C3=C([C@H](C)CO)C[C@H](O)[C@]3(C)/C=C3/[C@@H](COC)CC[C@H]3[C@@H](C)[C@H]2O)[C@@H](OC(C)=O)[C@H](O)[C@@H]1O. The van der Waals surface area contributed by atoms with E-state index in [2.05, 4.69) is 12.7 Å². The minimum Gasteiger partial charge on any atom is -0.454 e. The van der Waals surface area contributed by atoms with Crippen molar-refractivity contribution in [3.63, 3.8) is 0 Å². The average molecular weight is 639 g/mol. The summed E-state index contributed by atoms with van der Waals surface area (Å²) in [7, 11) is 1.67. The monoisotopic (exact) mass is 638 g/mol. The van der Waals surface area contributed by atoms with E-state index in [0.29, 0.717) is 12.2 Å². The quantitative estimate of drug-likeness (QED) is 0.166. The van der Waals surface area contributed by atoms with Gasteiger partial charge in [-0.05, 0) is 57.4 Å². The summed E-state index contributed by atoms with van der Waals surface area (Å²) in [6.07, 6.45) is -4.27. The number of esters is 1. The van der Waals surface area contributed by atoms with Gasteiger partial charge in [0.2, 0.25) is 0 Å². The Balaban J connectivity index is 1.81. The first-order chi connectivity index (χ1) is 21.1. The molecule has 256 valence electrons. The molecule has 1 heterocycles. The predicted octanol–water partition coefficient (Wildman–Crippen LogP) is 2.04. The average Bonchev–Trinajstić information content (AvgIpc) is 3.49. The third-order valence-corrected chi connectivity index (χ3v) is 10.6. The Morgan fingerprint density at radius 2 is 1.87 bits per heavy atom. The summed E-state index contributed by atoms with van der Waals surface area (Å²) in [5.41, 5.74) is 0.834. The Kier molecular flexibility index (Phi) is 11.4. The number of carbonyl (C=O) groups excluding carboxylic acids is 1. The van der Waals surface area contributed by atoms with Gasteiger partial charge in [-0.2, -0.15) is 0 Å². The lowest BCUT2D eigenvalue weighted by atomic mass is 9.68. The van der Waals surface area contributed by atoms with Crippen LogP contribution in [0.2, 0.25) is 0 Å². The normalized spacial score (nSPS) is 42.2. The first-order valence-electron chi connectivity index (χ1n) is 16.1. The largest absolute Gasteiger partial charge is 0.454 e. The van der Waals surface area contributed by atoms with Gasteiger partial charge >= 0.3 is 5.97 Å². The van der Waals surface area contributed by atoms with Crippen LogP contribution in [-0.4, -0.2) is 113 Å². The van der Waals surface area contributed by atoms with Gasteiger partial charge in [0.15, 0.2) is 12.4 Å². The van der Waals surface area contributed by atoms with Gasteiger partial charge in [0, 0.05) is 37.9 Å². The van der Waals surface area contributed by atoms with Gasteiger partial charge in [-0.25, -0.2) is 0 Å². The van der Waals surface area contributed by atoms with Gasteiger partial charge in [-0.1, -0.05) is 37.1 Å². The van der Waals surface area contributed by atoms with Crippen LogP contribution in [0.1, 0.15) is 60.8 Å². The Labute approximate surface area is 266 Å². The van der Waals surface area contributed by atoms with Crippen molar-refractivity contribution in [3.05, 3.63) is 35.5 Å². The Bertz CT molecular complexity index is 1130. The second-order valence-corrected chi connectivity index (χ2v) is 14.1. The number of carbonyl (C=O) groups is 1. The topological polar surface area (TPSA) is 164 Å². The van der Waals surface area contributed by atoms with E-state index in [1.165, 1.54) is 6.92 Å². The van der Waals surface area contributed by atoms with Crippen molar-refractivity contribution >= 4 is 5.97 Å². The molecule has 1 saturated carbocycles. The molecule has 0 aromatic carbocycles. The maximum Gasteiger partial charge on any atom is 0.303 e. The maximum atomic E-state index is 12.2. The molecule has 0 bridgehead atoms. The van der Waals surface area contributed by atoms with Crippen LogP contribution in [0.25, 0.3) is 0 Å². The summed E-state index contributed by atoms with van der Waals surface area (Å²) >= 11 is 0. The number of aliphatic hydroxyl groups excluding tert-OH is 5. The van der Waals surface area contributed by atoms with Crippen LogP contribution >= 0.6 is 0 Å². The molecule has 5 N–H and O–H groups in total. The highest BCUT2D eigenvalue weighted by atomic mass is 16.7. The molecule has 0 spiro atoms. The molecule has 0 aromatic heterocycles. The summed E-state index contributed by atoms with van der Waals surface area (Å²) < 4.78 is 29.7. The zero-order valence-corrected chi connectivity index (χ0v) is 27.7. The third kappa shape index (κ3) is 7.12. The smallest absolute Gasteiger partial charge is 0.303 e. The van der Waals surface area contributed by atoms with E-state index in [-0.39, 0.29) is 43.3 Å². The lowest BCUT2D eigenvalue weighted by Crippen LogP contribution is -2.62. The Hall–Kier alpha value is -1.67. The van der Waals surface area contributed by atoms with Crippen LogP contribution in [0.4, 0.5) is 0 Å². The Morgan fingerprint density at radius 3 is 2.47 bits per heavy atom. The molecule has 1 aliphatic heterocycles. The first-order valence-corrected chi connectivity index (χ1v) is 16.1. The van der Waals surface area contributed by atoms with Gasteiger partial charge in [0.05, 0.1) is 31.0 Å². The van der Waals surface area contributed by atoms with Crippen molar-refractivity contribution in [1.82, 2.24) is 0 Å². The second kappa shape index (κ2) is 14.2. The van der Waals surface area contributed by atoms with E-state index in [1.54, 1.807) is 27.0 Å². The Morgan fingerprint density at radius 1 is 1.18 bits per heavy atom. The van der Waals surface area contributed by atoms with E-state index in [4.69, 9.17) is 23.7 Å². The molecule has 1 saturated heterocycles. The lowest BCUT2D eigenvalue weighted by molar-refractivity contribution is -0.321. The minimum absolute atomic E-state index is 0.00220. The summed E-state index contributed by atoms with van der Waals surface area (Å²) in [4.78, 5) is 12.2. The van der Waals surface area contributed by atoms with E-state index < -0.39 is 66.0 Å². The summed E-state index contributed by atoms with van der Waals surface area (Å²) in [5.74, 6) is -1.20. The molecule has 13 atom stereocenters. The van der Waals surface area contributed by atoms with Gasteiger partial charge in [0.25, 0.3) is 0 Å². The second-order valence-electron chi connectivity index (χ2n) is 14.1. The number of rotatable bonds is 11. The zero-order valence-electron chi connectivity index (χ0n) is 27.7. The number of aliphatic hydroxyl groups is 5. The molecule has 0 aromatic rings. The number of ether oxygens (including phenoxy) is 5. The van der Waals surface area contributed by atoms with E-state index in [9.17, 15) is 30.3 Å². The molecule has 45 heavy (non-hydrogen) atoms. The van der Waals surface area contributed by atoms with Gasteiger partial charge in [-0.15, -0.1) is 6.58 Å². The molecule has 0 radical (unpaired) electrons. The number of hydrogen-bond acceptors (Lipinski definition) is 11. The molecule has 11 heteroatoms. The molecule has 11 nitrogen and oxygen atoms in total. The highest BCUT2D eigenvalue weighted by Gasteiger charge is 2.56. The number of fused-ring (bicyclic) bond motifs is 2. The number of methoxy groups -OCH3 is 1. The molecular weight excluding hydrogens is 584 g/mol. The third-order valence-electron chi connectivity index (χ3n) is 10.6. The van der Waals surface area contributed by atoms with Crippen LogP contribution in [0.15, 0.2) is 35.5 Å². The van der Waals surface area contributed by atoms with Crippen molar-refractivity contribution in [2.75, 3.05) is 26.9 Å². The van der Waals surface area contributed by atoms with Gasteiger partial charge in [-0.3, -0.25) is 4.79 Å². The summed E-state index contributed by atoms with van der Waals surface area (Å²) in [5, 5.41) is 56.2. The maximum absolute atomic E-state index is 12.2. The minimum atomic E-state index is -1.59. The van der Waals surface area contributed by atoms with Crippen LogP contribution in [0, 0.1) is 29.1 Å². The molecular formula is C34H54O11. The molecule has 0 amide bonds. The van der Waals surface area contributed by atoms with Gasteiger partial charge in [0.1, 0.15) is 24.4 Å². The standard InChI is InChI=1S/C34H54O11/c1-9-33(5,6)42-16-24-28(39)29(40)31(43-19(4)36)32(44-24)45-30-26-22(17(2)14-35)12-25(37)34(26,7)13-23-20(15-41-8)10-11-21(23)18(3)27(30)38/h9,13,17-18,20-21,24-25,27-32,35,37-40H,1,10-12,14-16H2,2-8H3/b23-13-/t17-,18-,20-,21+,24-,25+,27-,28-,29-,30+,31+,32-,34+/m1/s1. The fourth-order valence-corrected chi connectivity index (χ4v) is 7.63. The first kappa shape index (κ1) is 36.2. The highest BCUT2D eigenvalue weighted by molar-refractivity contribution is 5.66. The van der Waals surface area contributed by atoms with E-state index in [0.717, 1.165) is 24.0 Å². The van der Waals surface area contributed by atoms with Crippen molar-refractivity contribution in [1.29, 1.82) is 0 Å². The summed E-state index contributed by atoms with van der Waals surface area (Å²) in [6.45, 7) is 14.5. The molecule has 3 aliphatic carbocycles. The number of hydrogen-bond donors (Lipinski definition) is 5. The zero-order chi connectivity index (χ0) is 33.4. The molecule has 0 unspecified atom stereocenters. The van der Waals surface area contributed by atoms with Crippen LogP contribution < -0.4 is 0 Å². The highest BCUT2D eigenvalue weighted by Crippen LogP contribution is 2.55. The van der Waals surface area contributed by atoms with Crippen molar-refractivity contribution in [2.24, 2.45) is 29.1 Å². The molecule has 2 fully saturated rings. The predicted molar refractivity (Wildman–Crippen MR) is 165 cm³/mol. The van der Waals surface area contributed by atoms with Crippen molar-refractivity contribution in [3.8, 4) is 0 Å².